The first kappa shape index (κ1) is 17.3. The van der Waals surface area contributed by atoms with E-state index in [4.69, 9.17) is 9.47 Å². The van der Waals surface area contributed by atoms with E-state index in [1.807, 2.05) is 6.07 Å². The van der Waals surface area contributed by atoms with Gasteiger partial charge < -0.3 is 19.7 Å². The van der Waals surface area contributed by atoms with Crippen LogP contribution in [-0.4, -0.2) is 30.1 Å². The number of amides is 2. The number of rotatable bonds is 4. The lowest BCUT2D eigenvalue weighted by Crippen LogP contribution is -2.28. The number of fused-ring (bicyclic) bond motifs is 1. The molecule has 0 spiro atoms. The Balaban J connectivity index is 1.41. The quantitative estimate of drug-likeness (QED) is 0.894. The fraction of sp³-hybridized carbons (Fsp3) is 0.263. The second kappa shape index (κ2) is 6.86. The molecule has 140 valence electrons. The van der Waals surface area contributed by atoms with Crippen molar-refractivity contribution in [3.8, 4) is 11.5 Å². The zero-order valence-electron chi connectivity index (χ0n) is 14.2. The van der Waals surface area contributed by atoms with E-state index in [9.17, 15) is 18.4 Å². The lowest BCUT2D eigenvalue weighted by Gasteiger charge is -2.17. The van der Waals surface area contributed by atoms with Crippen molar-refractivity contribution in [2.24, 2.45) is 5.92 Å². The van der Waals surface area contributed by atoms with Crippen LogP contribution in [0.3, 0.4) is 0 Å². The Morgan fingerprint density at radius 1 is 1.15 bits per heavy atom. The van der Waals surface area contributed by atoms with Crippen molar-refractivity contribution in [1.82, 2.24) is 4.90 Å². The predicted octanol–water partition coefficient (Wildman–Crippen LogP) is 2.68. The zero-order valence-corrected chi connectivity index (χ0v) is 14.2. The van der Waals surface area contributed by atoms with Gasteiger partial charge in [0.15, 0.2) is 11.5 Å². The van der Waals surface area contributed by atoms with Gasteiger partial charge in [-0.2, -0.15) is 0 Å². The molecular weight excluding hydrogens is 358 g/mol. The van der Waals surface area contributed by atoms with Crippen LogP contribution < -0.4 is 14.8 Å². The summed E-state index contributed by atoms with van der Waals surface area (Å²) < 4.78 is 37.5. The molecule has 2 aromatic rings. The van der Waals surface area contributed by atoms with Crippen molar-refractivity contribution in [3.05, 3.63) is 53.6 Å². The van der Waals surface area contributed by atoms with Gasteiger partial charge >= 0.3 is 0 Å². The Hall–Kier alpha value is -3.16. The third-order valence-electron chi connectivity index (χ3n) is 4.58. The molecule has 8 heteroatoms. The highest BCUT2D eigenvalue weighted by Gasteiger charge is 2.34. The molecule has 0 aliphatic carbocycles. The van der Waals surface area contributed by atoms with E-state index in [1.165, 1.54) is 0 Å². The molecule has 0 aromatic heterocycles. The van der Waals surface area contributed by atoms with E-state index in [-0.39, 0.29) is 31.4 Å². The smallest absolute Gasteiger partial charge is 0.231 e. The van der Waals surface area contributed by atoms with E-state index >= 15 is 0 Å². The van der Waals surface area contributed by atoms with Crippen molar-refractivity contribution in [2.75, 3.05) is 18.7 Å². The summed E-state index contributed by atoms with van der Waals surface area (Å²) in [4.78, 5) is 26.2. The van der Waals surface area contributed by atoms with Gasteiger partial charge in [0.25, 0.3) is 0 Å². The molecular formula is C19H16F2N2O4. The number of benzene rings is 2. The molecule has 2 aliphatic heterocycles. The fourth-order valence-electron chi connectivity index (χ4n) is 3.19. The Morgan fingerprint density at radius 2 is 1.96 bits per heavy atom. The predicted molar refractivity (Wildman–Crippen MR) is 91.1 cm³/mol. The number of hydrogen-bond acceptors (Lipinski definition) is 4. The normalized spacial score (nSPS) is 18.1. The second-order valence-electron chi connectivity index (χ2n) is 6.48. The Kier molecular flexibility index (Phi) is 4.39. The summed E-state index contributed by atoms with van der Waals surface area (Å²) in [6.45, 7) is 0.698. The number of nitrogens with one attached hydrogen (secondary N) is 1. The van der Waals surface area contributed by atoms with Crippen molar-refractivity contribution in [1.29, 1.82) is 0 Å². The van der Waals surface area contributed by atoms with E-state index in [1.54, 1.807) is 17.0 Å². The molecule has 1 atom stereocenters. The molecule has 6 nitrogen and oxygen atoms in total. The van der Waals surface area contributed by atoms with Crippen LogP contribution in [0.2, 0.25) is 0 Å². The SMILES string of the molecule is O=C(Nc1cc(F)ccc1F)C1CC(=O)N(Cc2ccc3c(c2)OCO3)C1. The van der Waals surface area contributed by atoms with Crippen LogP contribution in [0.5, 0.6) is 11.5 Å². The maximum absolute atomic E-state index is 13.7. The summed E-state index contributed by atoms with van der Waals surface area (Å²) in [5.41, 5.74) is 0.617. The molecule has 0 radical (unpaired) electrons. The average Bonchev–Trinajstić information content (AvgIpc) is 3.25. The summed E-state index contributed by atoms with van der Waals surface area (Å²) in [5.74, 6) is -1.43. The Morgan fingerprint density at radius 3 is 2.81 bits per heavy atom. The minimum absolute atomic E-state index is 0.0212. The fourth-order valence-corrected chi connectivity index (χ4v) is 3.19. The van der Waals surface area contributed by atoms with Crippen LogP contribution in [0, 0.1) is 17.6 Å². The van der Waals surface area contributed by atoms with Crippen LogP contribution in [0.25, 0.3) is 0 Å². The molecule has 0 saturated carbocycles. The average molecular weight is 374 g/mol. The number of anilines is 1. The highest BCUT2D eigenvalue weighted by Crippen LogP contribution is 2.33. The molecule has 2 heterocycles. The van der Waals surface area contributed by atoms with Crippen LogP contribution in [0.4, 0.5) is 14.5 Å². The van der Waals surface area contributed by atoms with Crippen molar-refractivity contribution >= 4 is 17.5 Å². The summed E-state index contributed by atoms with van der Waals surface area (Å²) >= 11 is 0. The van der Waals surface area contributed by atoms with Gasteiger partial charge in [0, 0.05) is 25.6 Å². The van der Waals surface area contributed by atoms with E-state index in [2.05, 4.69) is 5.32 Å². The topological polar surface area (TPSA) is 67.9 Å². The van der Waals surface area contributed by atoms with Crippen LogP contribution >= 0.6 is 0 Å². The Labute approximate surface area is 153 Å². The first-order valence-electron chi connectivity index (χ1n) is 8.42. The van der Waals surface area contributed by atoms with Crippen LogP contribution in [0.1, 0.15) is 12.0 Å². The molecule has 4 rings (SSSR count). The molecule has 2 aromatic carbocycles. The van der Waals surface area contributed by atoms with Gasteiger partial charge in [-0.15, -0.1) is 0 Å². The molecule has 1 unspecified atom stereocenters. The molecule has 1 N–H and O–H groups in total. The van der Waals surface area contributed by atoms with Gasteiger partial charge in [0.1, 0.15) is 11.6 Å². The van der Waals surface area contributed by atoms with Crippen molar-refractivity contribution < 1.29 is 27.8 Å². The molecule has 2 amide bonds. The minimum Gasteiger partial charge on any atom is -0.454 e. The standard InChI is InChI=1S/C19H16F2N2O4/c20-13-2-3-14(21)15(7-13)22-19(25)12-6-18(24)23(9-12)8-11-1-4-16-17(5-11)27-10-26-16/h1-5,7,12H,6,8-10H2,(H,22,25). The maximum Gasteiger partial charge on any atom is 0.231 e. The molecule has 1 fully saturated rings. The van der Waals surface area contributed by atoms with Gasteiger partial charge in [-0.05, 0) is 29.8 Å². The first-order valence-corrected chi connectivity index (χ1v) is 8.42. The summed E-state index contributed by atoms with van der Waals surface area (Å²) in [6.07, 6.45) is 0.0212. The largest absolute Gasteiger partial charge is 0.454 e. The highest BCUT2D eigenvalue weighted by atomic mass is 19.1. The highest BCUT2D eigenvalue weighted by molar-refractivity contribution is 5.97. The van der Waals surface area contributed by atoms with Gasteiger partial charge in [0.05, 0.1) is 11.6 Å². The molecule has 27 heavy (non-hydrogen) atoms. The maximum atomic E-state index is 13.7. The van der Waals surface area contributed by atoms with Crippen molar-refractivity contribution in [3.63, 3.8) is 0 Å². The van der Waals surface area contributed by atoms with Crippen LogP contribution in [-0.2, 0) is 16.1 Å². The number of carbonyl (C=O) groups is 2. The lowest BCUT2D eigenvalue weighted by molar-refractivity contribution is -0.128. The number of likely N-dealkylation sites (tertiary alicyclic amines) is 1. The first-order chi connectivity index (χ1) is 13.0. The Bertz CT molecular complexity index is 919. The molecule has 0 bridgehead atoms. The zero-order chi connectivity index (χ0) is 19.0. The summed E-state index contributed by atoms with van der Waals surface area (Å²) in [7, 11) is 0. The van der Waals surface area contributed by atoms with E-state index in [0.717, 1.165) is 23.8 Å². The number of hydrogen-bond donors (Lipinski definition) is 1. The number of ether oxygens (including phenoxy) is 2. The summed E-state index contributed by atoms with van der Waals surface area (Å²) in [6, 6.07) is 8.22. The van der Waals surface area contributed by atoms with Gasteiger partial charge in [-0.1, -0.05) is 6.07 Å². The lowest BCUT2D eigenvalue weighted by atomic mass is 10.1. The number of carbonyl (C=O) groups excluding carboxylic acids is 2. The second-order valence-corrected chi connectivity index (χ2v) is 6.48. The van der Waals surface area contributed by atoms with Gasteiger partial charge in [-0.3, -0.25) is 9.59 Å². The number of halogens is 2. The summed E-state index contributed by atoms with van der Waals surface area (Å²) in [5, 5.41) is 2.36. The monoisotopic (exact) mass is 374 g/mol. The van der Waals surface area contributed by atoms with Crippen LogP contribution in [0.15, 0.2) is 36.4 Å². The van der Waals surface area contributed by atoms with Gasteiger partial charge in [0.2, 0.25) is 18.6 Å². The number of nitrogens with zero attached hydrogens (tertiary/aromatic N) is 1. The third-order valence-corrected chi connectivity index (χ3v) is 4.58. The van der Waals surface area contributed by atoms with E-state index in [0.29, 0.717) is 18.0 Å². The van der Waals surface area contributed by atoms with Gasteiger partial charge in [-0.25, -0.2) is 8.78 Å². The van der Waals surface area contributed by atoms with E-state index < -0.39 is 23.5 Å². The molecule has 1 saturated heterocycles. The van der Waals surface area contributed by atoms with Crippen molar-refractivity contribution in [2.45, 2.75) is 13.0 Å². The molecule has 2 aliphatic rings. The minimum atomic E-state index is -0.730. The third kappa shape index (κ3) is 3.55.